The predicted molar refractivity (Wildman–Crippen MR) is 72.7 cm³/mol. The topological polar surface area (TPSA) is 41.1 Å². The van der Waals surface area contributed by atoms with Crippen molar-refractivity contribution in [3.63, 3.8) is 0 Å². The van der Waals surface area contributed by atoms with E-state index in [-0.39, 0.29) is 17.4 Å². The molecule has 0 saturated heterocycles. The van der Waals surface area contributed by atoms with Crippen LogP contribution in [0, 0.1) is 0 Å². The van der Waals surface area contributed by atoms with Crippen molar-refractivity contribution in [2.24, 2.45) is 0 Å². The molecule has 1 atom stereocenters. The maximum Gasteiger partial charge on any atom is 0.228 e. The molecule has 1 aliphatic heterocycles. The lowest BCUT2D eigenvalue weighted by Gasteiger charge is -2.40. The molecule has 0 aromatic heterocycles. The van der Waals surface area contributed by atoms with Crippen LogP contribution < -0.4 is 10.6 Å². The van der Waals surface area contributed by atoms with Gasteiger partial charge in [0.2, 0.25) is 5.91 Å². The molecule has 1 aromatic carbocycles. The van der Waals surface area contributed by atoms with Gasteiger partial charge in [0.1, 0.15) is 0 Å². The Kier molecular flexibility index (Phi) is 2.77. The van der Waals surface area contributed by atoms with Crippen LogP contribution in [0.3, 0.4) is 0 Å². The number of amides is 1. The van der Waals surface area contributed by atoms with Gasteiger partial charge in [-0.05, 0) is 44.2 Å². The normalized spacial score (nSPS) is 24.4. The molecule has 1 amide bonds. The second-order valence-corrected chi connectivity index (χ2v) is 5.76. The number of benzene rings is 1. The van der Waals surface area contributed by atoms with Gasteiger partial charge in [-0.15, -0.1) is 0 Å². The lowest BCUT2D eigenvalue weighted by atomic mass is 9.77. The Balaban J connectivity index is 1.79. The molecule has 1 aliphatic carbocycles. The van der Waals surface area contributed by atoms with Crippen molar-refractivity contribution in [1.82, 2.24) is 5.32 Å². The summed E-state index contributed by atoms with van der Waals surface area (Å²) in [6.07, 6.45) is 4.36. The van der Waals surface area contributed by atoms with Crippen LogP contribution >= 0.6 is 0 Å². The lowest BCUT2D eigenvalue weighted by molar-refractivity contribution is -0.125. The van der Waals surface area contributed by atoms with Crippen molar-refractivity contribution >= 4 is 11.6 Å². The third-order valence-corrected chi connectivity index (χ3v) is 4.28. The highest BCUT2D eigenvalue weighted by Crippen LogP contribution is 2.35. The van der Waals surface area contributed by atoms with Crippen LogP contribution in [0.1, 0.15) is 44.1 Å². The van der Waals surface area contributed by atoms with Crippen LogP contribution in [0.4, 0.5) is 5.69 Å². The summed E-state index contributed by atoms with van der Waals surface area (Å²) in [7, 11) is 0. The molecule has 18 heavy (non-hydrogen) atoms. The molecule has 1 aromatic rings. The minimum atomic E-state index is 0.0138. The van der Waals surface area contributed by atoms with Crippen molar-refractivity contribution in [3.8, 4) is 0 Å². The highest BCUT2D eigenvalue weighted by Gasteiger charge is 2.36. The zero-order chi connectivity index (χ0) is 12.6. The fourth-order valence-electron chi connectivity index (χ4n) is 2.96. The second kappa shape index (κ2) is 4.30. The van der Waals surface area contributed by atoms with Gasteiger partial charge in [0.15, 0.2) is 0 Å². The fourth-order valence-corrected chi connectivity index (χ4v) is 2.96. The number of hydrogen-bond acceptors (Lipinski definition) is 2. The first kappa shape index (κ1) is 11.6. The number of anilines is 1. The monoisotopic (exact) mass is 244 g/mol. The Hall–Kier alpha value is -1.51. The molecule has 1 fully saturated rings. The van der Waals surface area contributed by atoms with E-state index < -0.39 is 0 Å². The molecule has 3 rings (SSSR count). The number of carbonyl (C=O) groups is 1. The van der Waals surface area contributed by atoms with Gasteiger partial charge in [-0.1, -0.05) is 18.2 Å². The van der Waals surface area contributed by atoms with Gasteiger partial charge in [0.05, 0.1) is 5.92 Å². The van der Waals surface area contributed by atoms with Gasteiger partial charge in [-0.25, -0.2) is 0 Å². The molecule has 2 aliphatic rings. The average Bonchev–Trinajstić information content (AvgIpc) is 2.36. The highest BCUT2D eigenvalue weighted by atomic mass is 16.2. The summed E-state index contributed by atoms with van der Waals surface area (Å²) in [5.74, 6) is 0.214. The van der Waals surface area contributed by atoms with E-state index in [1.807, 2.05) is 12.1 Å². The minimum absolute atomic E-state index is 0.0138. The standard InChI is InChI=1S/C15H20N2O/c1-15(8-4-9-15)17-14(18)12-7-10-16-13-6-3-2-5-11(12)13/h2-3,5-6,12,16H,4,7-10H2,1H3,(H,17,18). The summed E-state index contributed by atoms with van der Waals surface area (Å²) in [6.45, 7) is 3.03. The Labute approximate surface area is 108 Å². The summed E-state index contributed by atoms with van der Waals surface area (Å²) >= 11 is 0. The van der Waals surface area contributed by atoms with Gasteiger partial charge in [0.25, 0.3) is 0 Å². The van der Waals surface area contributed by atoms with Crippen molar-refractivity contribution < 1.29 is 4.79 Å². The summed E-state index contributed by atoms with van der Waals surface area (Å²) in [4.78, 5) is 12.4. The molecule has 96 valence electrons. The summed E-state index contributed by atoms with van der Waals surface area (Å²) < 4.78 is 0. The van der Waals surface area contributed by atoms with Crippen LogP contribution in [-0.2, 0) is 4.79 Å². The number of hydrogen-bond donors (Lipinski definition) is 2. The predicted octanol–water partition coefficient (Wildman–Crippen LogP) is 2.64. The third kappa shape index (κ3) is 1.98. The summed E-state index contributed by atoms with van der Waals surface area (Å²) in [5.41, 5.74) is 2.31. The van der Waals surface area contributed by atoms with Crippen molar-refractivity contribution in [3.05, 3.63) is 29.8 Å². The molecule has 2 N–H and O–H groups in total. The van der Waals surface area contributed by atoms with Gasteiger partial charge >= 0.3 is 0 Å². The van der Waals surface area contributed by atoms with E-state index in [4.69, 9.17) is 0 Å². The van der Waals surface area contributed by atoms with Crippen LogP contribution in [0.2, 0.25) is 0 Å². The summed E-state index contributed by atoms with van der Waals surface area (Å²) in [5, 5.41) is 6.59. The quantitative estimate of drug-likeness (QED) is 0.839. The maximum atomic E-state index is 12.4. The number of fused-ring (bicyclic) bond motifs is 1. The molecular formula is C15H20N2O. The molecule has 1 saturated carbocycles. The lowest BCUT2D eigenvalue weighted by Crippen LogP contribution is -2.52. The smallest absolute Gasteiger partial charge is 0.228 e. The Morgan fingerprint density at radius 3 is 2.89 bits per heavy atom. The van der Waals surface area contributed by atoms with E-state index in [1.165, 1.54) is 6.42 Å². The first-order valence-electron chi connectivity index (χ1n) is 6.83. The highest BCUT2D eigenvalue weighted by molar-refractivity contribution is 5.87. The first-order chi connectivity index (χ1) is 8.68. The van der Waals surface area contributed by atoms with E-state index in [9.17, 15) is 4.79 Å². The van der Waals surface area contributed by atoms with E-state index in [1.54, 1.807) is 0 Å². The first-order valence-corrected chi connectivity index (χ1v) is 6.83. The van der Waals surface area contributed by atoms with Crippen LogP contribution in [0.25, 0.3) is 0 Å². The zero-order valence-electron chi connectivity index (χ0n) is 10.8. The van der Waals surface area contributed by atoms with Gasteiger partial charge < -0.3 is 10.6 Å². The molecular weight excluding hydrogens is 224 g/mol. The van der Waals surface area contributed by atoms with E-state index in [0.717, 1.165) is 37.1 Å². The number of para-hydroxylation sites is 1. The Bertz CT molecular complexity index is 465. The fraction of sp³-hybridized carbons (Fsp3) is 0.533. The van der Waals surface area contributed by atoms with Gasteiger partial charge in [-0.2, -0.15) is 0 Å². The van der Waals surface area contributed by atoms with Gasteiger partial charge in [0, 0.05) is 17.8 Å². The zero-order valence-corrected chi connectivity index (χ0v) is 10.8. The van der Waals surface area contributed by atoms with E-state index in [2.05, 4.69) is 29.7 Å². The molecule has 1 unspecified atom stereocenters. The Morgan fingerprint density at radius 1 is 1.39 bits per heavy atom. The van der Waals surface area contributed by atoms with Crippen molar-refractivity contribution in [1.29, 1.82) is 0 Å². The minimum Gasteiger partial charge on any atom is -0.385 e. The van der Waals surface area contributed by atoms with E-state index >= 15 is 0 Å². The molecule has 3 nitrogen and oxygen atoms in total. The molecule has 0 bridgehead atoms. The molecule has 1 heterocycles. The molecule has 0 radical (unpaired) electrons. The van der Waals surface area contributed by atoms with Crippen molar-refractivity contribution in [2.45, 2.75) is 44.1 Å². The van der Waals surface area contributed by atoms with Crippen molar-refractivity contribution in [2.75, 3.05) is 11.9 Å². The third-order valence-electron chi connectivity index (χ3n) is 4.28. The second-order valence-electron chi connectivity index (χ2n) is 5.76. The number of nitrogens with one attached hydrogen (secondary N) is 2. The average molecular weight is 244 g/mol. The molecule has 3 heteroatoms. The van der Waals surface area contributed by atoms with Crippen LogP contribution in [-0.4, -0.2) is 18.0 Å². The number of rotatable bonds is 2. The van der Waals surface area contributed by atoms with E-state index in [0.29, 0.717) is 0 Å². The maximum absolute atomic E-state index is 12.4. The SMILES string of the molecule is CC1(NC(=O)C2CCNc3ccccc32)CCC1. The largest absolute Gasteiger partial charge is 0.385 e. The Morgan fingerprint density at radius 2 is 2.17 bits per heavy atom. The van der Waals surface area contributed by atoms with Gasteiger partial charge in [-0.3, -0.25) is 4.79 Å². The van der Waals surface area contributed by atoms with Crippen LogP contribution in [0.5, 0.6) is 0 Å². The van der Waals surface area contributed by atoms with Crippen LogP contribution in [0.15, 0.2) is 24.3 Å². The summed E-state index contributed by atoms with van der Waals surface area (Å²) in [6, 6.07) is 8.14. The molecule has 0 spiro atoms. The number of carbonyl (C=O) groups excluding carboxylic acids is 1.